The van der Waals surface area contributed by atoms with Gasteiger partial charge in [-0.25, -0.2) is 4.39 Å². The molecule has 0 saturated carbocycles. The first-order chi connectivity index (χ1) is 11.6. The fourth-order valence-electron chi connectivity index (χ4n) is 2.65. The monoisotopic (exact) mass is 338 g/mol. The van der Waals surface area contributed by atoms with Crippen molar-refractivity contribution in [3.8, 4) is 0 Å². The molecule has 6 nitrogen and oxygen atoms in total. The average Bonchev–Trinajstić information content (AvgIpc) is 2.57. The molecule has 0 radical (unpaired) electrons. The number of morpholine rings is 1. The van der Waals surface area contributed by atoms with Crippen LogP contribution in [-0.4, -0.2) is 56.2 Å². The predicted octanol–water partition coefficient (Wildman–Crippen LogP) is 1.27. The van der Waals surface area contributed by atoms with Crippen LogP contribution in [0.4, 0.5) is 4.39 Å². The second-order valence-corrected chi connectivity index (χ2v) is 5.54. The molecule has 1 aromatic carbocycles. The molecule has 24 heavy (non-hydrogen) atoms. The van der Waals surface area contributed by atoms with E-state index in [2.05, 4.69) is 5.32 Å². The summed E-state index contributed by atoms with van der Waals surface area (Å²) >= 11 is 0. The van der Waals surface area contributed by atoms with Gasteiger partial charge in [-0.1, -0.05) is 18.2 Å². The highest BCUT2D eigenvalue weighted by molar-refractivity contribution is 5.86. The van der Waals surface area contributed by atoms with E-state index in [1.54, 1.807) is 25.2 Å². The van der Waals surface area contributed by atoms with Gasteiger partial charge < -0.3 is 19.7 Å². The fraction of sp³-hybridized carbons (Fsp3) is 0.529. The van der Waals surface area contributed by atoms with E-state index >= 15 is 0 Å². The number of rotatable bonds is 7. The lowest BCUT2D eigenvalue weighted by atomic mass is 9.97. The Morgan fingerprint density at radius 3 is 2.92 bits per heavy atom. The van der Waals surface area contributed by atoms with Crippen LogP contribution in [0, 0.1) is 5.82 Å². The highest BCUT2D eigenvalue weighted by Gasteiger charge is 2.41. The van der Waals surface area contributed by atoms with Crippen LogP contribution in [0.15, 0.2) is 24.3 Å². The lowest BCUT2D eigenvalue weighted by Gasteiger charge is -2.38. The Hall–Kier alpha value is -1.99. The lowest BCUT2D eigenvalue weighted by Crippen LogP contribution is -2.53. The molecule has 1 saturated heterocycles. The maximum atomic E-state index is 14.2. The molecule has 1 aromatic rings. The third kappa shape index (κ3) is 4.30. The molecule has 1 aliphatic rings. The van der Waals surface area contributed by atoms with Crippen molar-refractivity contribution in [1.82, 2.24) is 10.2 Å². The summed E-state index contributed by atoms with van der Waals surface area (Å²) in [5.41, 5.74) is 0.266. The third-order valence-electron chi connectivity index (χ3n) is 3.93. The zero-order valence-electron chi connectivity index (χ0n) is 14.0. The molecule has 2 atom stereocenters. The molecule has 0 aromatic heterocycles. The van der Waals surface area contributed by atoms with E-state index in [0.29, 0.717) is 26.2 Å². The van der Waals surface area contributed by atoms with E-state index in [0.717, 1.165) is 0 Å². The van der Waals surface area contributed by atoms with Gasteiger partial charge in [0.15, 0.2) is 6.10 Å². The minimum atomic E-state index is -0.948. The molecule has 132 valence electrons. The SMILES string of the molecule is CCOCCCNC(=O)C1OCC(=O)N(C)C1c1ccccc1F. The number of benzene rings is 1. The third-order valence-corrected chi connectivity index (χ3v) is 3.93. The largest absolute Gasteiger partial charge is 0.382 e. The number of hydrogen-bond acceptors (Lipinski definition) is 4. The summed E-state index contributed by atoms with van der Waals surface area (Å²) in [5.74, 6) is -1.12. The molecule has 7 heteroatoms. The van der Waals surface area contributed by atoms with Crippen molar-refractivity contribution in [3.05, 3.63) is 35.6 Å². The van der Waals surface area contributed by atoms with Gasteiger partial charge in [-0.05, 0) is 19.4 Å². The molecule has 2 amide bonds. The number of nitrogens with one attached hydrogen (secondary N) is 1. The summed E-state index contributed by atoms with van der Waals surface area (Å²) in [6.45, 7) is 3.32. The van der Waals surface area contributed by atoms with E-state index in [-0.39, 0.29) is 24.0 Å². The van der Waals surface area contributed by atoms with Crippen molar-refractivity contribution < 1.29 is 23.5 Å². The normalized spacial score (nSPS) is 21.0. The van der Waals surface area contributed by atoms with Crippen LogP contribution < -0.4 is 5.32 Å². The van der Waals surface area contributed by atoms with Gasteiger partial charge in [0, 0.05) is 32.4 Å². The van der Waals surface area contributed by atoms with Crippen LogP contribution >= 0.6 is 0 Å². The van der Waals surface area contributed by atoms with E-state index in [1.165, 1.54) is 11.0 Å². The quantitative estimate of drug-likeness (QED) is 0.760. The summed E-state index contributed by atoms with van der Waals surface area (Å²) in [6.07, 6.45) is -0.275. The summed E-state index contributed by atoms with van der Waals surface area (Å²) in [6, 6.07) is 5.31. The Bertz CT molecular complexity index is 581. The van der Waals surface area contributed by atoms with Gasteiger partial charge in [-0.3, -0.25) is 9.59 Å². The van der Waals surface area contributed by atoms with Crippen molar-refractivity contribution in [2.24, 2.45) is 0 Å². The number of nitrogens with zero attached hydrogens (tertiary/aromatic N) is 1. The van der Waals surface area contributed by atoms with Crippen LogP contribution in [0.5, 0.6) is 0 Å². The van der Waals surface area contributed by atoms with E-state index < -0.39 is 18.0 Å². The number of hydrogen-bond donors (Lipinski definition) is 1. The van der Waals surface area contributed by atoms with Crippen molar-refractivity contribution in [3.63, 3.8) is 0 Å². The van der Waals surface area contributed by atoms with Gasteiger partial charge >= 0.3 is 0 Å². The maximum Gasteiger partial charge on any atom is 0.251 e. The summed E-state index contributed by atoms with van der Waals surface area (Å²) < 4.78 is 24.8. The van der Waals surface area contributed by atoms with Gasteiger partial charge in [0.05, 0.1) is 6.04 Å². The van der Waals surface area contributed by atoms with Crippen LogP contribution in [0.3, 0.4) is 0 Å². The van der Waals surface area contributed by atoms with Crippen molar-refractivity contribution in [1.29, 1.82) is 0 Å². The van der Waals surface area contributed by atoms with Crippen LogP contribution in [0.1, 0.15) is 24.9 Å². The molecule has 2 unspecified atom stereocenters. The Morgan fingerprint density at radius 2 is 2.21 bits per heavy atom. The summed E-state index contributed by atoms with van der Waals surface area (Å²) in [4.78, 5) is 25.7. The Labute approximate surface area is 140 Å². The standard InChI is InChI=1S/C17H23FN2O4/c1-3-23-10-6-9-19-17(22)16-15(20(2)14(21)11-24-16)12-7-4-5-8-13(12)18/h4-5,7-8,15-16H,3,6,9-11H2,1-2H3,(H,19,22). The first-order valence-corrected chi connectivity index (χ1v) is 8.03. The van der Waals surface area contributed by atoms with Crippen LogP contribution in [0.2, 0.25) is 0 Å². The predicted molar refractivity (Wildman–Crippen MR) is 85.8 cm³/mol. The number of likely N-dealkylation sites (N-methyl/N-ethyl adjacent to an activating group) is 1. The molecular weight excluding hydrogens is 315 g/mol. The van der Waals surface area contributed by atoms with E-state index in [1.807, 2.05) is 6.92 Å². The molecular formula is C17H23FN2O4. The van der Waals surface area contributed by atoms with E-state index in [4.69, 9.17) is 9.47 Å². The minimum Gasteiger partial charge on any atom is -0.382 e. The van der Waals surface area contributed by atoms with Crippen molar-refractivity contribution >= 4 is 11.8 Å². The molecule has 0 spiro atoms. The summed E-state index contributed by atoms with van der Waals surface area (Å²) in [5, 5.41) is 2.76. The fourth-order valence-corrected chi connectivity index (χ4v) is 2.65. The van der Waals surface area contributed by atoms with Gasteiger partial charge in [0.2, 0.25) is 5.91 Å². The number of halogens is 1. The number of carbonyl (C=O) groups excluding carboxylic acids is 2. The molecule has 0 aliphatic carbocycles. The van der Waals surface area contributed by atoms with Gasteiger partial charge in [-0.2, -0.15) is 0 Å². The number of carbonyl (C=O) groups is 2. The number of amides is 2. The molecule has 1 heterocycles. The highest BCUT2D eigenvalue weighted by atomic mass is 19.1. The van der Waals surface area contributed by atoms with E-state index in [9.17, 15) is 14.0 Å². The zero-order valence-corrected chi connectivity index (χ0v) is 14.0. The molecule has 1 aliphatic heterocycles. The number of ether oxygens (including phenoxy) is 2. The maximum absolute atomic E-state index is 14.2. The molecule has 2 rings (SSSR count). The first kappa shape index (κ1) is 18.4. The zero-order chi connectivity index (χ0) is 17.5. The molecule has 1 N–H and O–H groups in total. The first-order valence-electron chi connectivity index (χ1n) is 8.03. The van der Waals surface area contributed by atoms with Crippen molar-refractivity contribution in [2.45, 2.75) is 25.5 Å². The average molecular weight is 338 g/mol. The minimum absolute atomic E-state index is 0.196. The van der Waals surface area contributed by atoms with Crippen molar-refractivity contribution in [2.75, 3.05) is 33.4 Å². The Kier molecular flexibility index (Phi) is 6.69. The topological polar surface area (TPSA) is 67.9 Å². The van der Waals surface area contributed by atoms with Gasteiger partial charge in [0.1, 0.15) is 12.4 Å². The summed E-state index contributed by atoms with van der Waals surface area (Å²) in [7, 11) is 1.55. The molecule has 0 bridgehead atoms. The van der Waals surface area contributed by atoms with Gasteiger partial charge in [0.25, 0.3) is 5.91 Å². The van der Waals surface area contributed by atoms with Crippen LogP contribution in [0.25, 0.3) is 0 Å². The smallest absolute Gasteiger partial charge is 0.251 e. The van der Waals surface area contributed by atoms with Crippen LogP contribution in [-0.2, 0) is 19.1 Å². The highest BCUT2D eigenvalue weighted by Crippen LogP contribution is 2.30. The lowest BCUT2D eigenvalue weighted by molar-refractivity contribution is -0.162. The Morgan fingerprint density at radius 1 is 1.46 bits per heavy atom. The Balaban J connectivity index is 2.09. The second-order valence-electron chi connectivity index (χ2n) is 5.54. The second kappa shape index (κ2) is 8.75. The molecule has 1 fully saturated rings. The van der Waals surface area contributed by atoms with Gasteiger partial charge in [-0.15, -0.1) is 0 Å².